The van der Waals surface area contributed by atoms with Gasteiger partial charge in [-0.1, -0.05) is 98.3 Å². The lowest BCUT2D eigenvalue weighted by Gasteiger charge is -2.28. The number of hydrazone groups is 1. The molecule has 0 unspecified atom stereocenters. The van der Waals surface area contributed by atoms with Crippen molar-refractivity contribution < 1.29 is 4.79 Å². The van der Waals surface area contributed by atoms with Gasteiger partial charge >= 0.3 is 0 Å². The van der Waals surface area contributed by atoms with Crippen LogP contribution in [-0.4, -0.2) is 22.5 Å². The minimum absolute atomic E-state index is 0.0328. The fraction of sp³-hybridized carbons (Fsp3) is 0.222. The summed E-state index contributed by atoms with van der Waals surface area (Å²) in [6.45, 7) is 6.51. The minimum atomic E-state index is -0.200. The van der Waals surface area contributed by atoms with E-state index in [1.807, 2.05) is 72.8 Å². The van der Waals surface area contributed by atoms with E-state index in [2.05, 4.69) is 31.8 Å². The summed E-state index contributed by atoms with van der Waals surface area (Å²) < 4.78 is 0. The predicted molar refractivity (Wildman–Crippen MR) is 128 cm³/mol. The number of allylic oxidation sites excluding steroid dienone is 4. The van der Waals surface area contributed by atoms with Crippen LogP contribution in [0.4, 0.5) is 0 Å². The van der Waals surface area contributed by atoms with E-state index in [4.69, 9.17) is 5.10 Å². The predicted octanol–water partition coefficient (Wildman–Crippen LogP) is 6.00. The fourth-order valence-electron chi connectivity index (χ4n) is 4.10. The molecule has 4 heteroatoms. The number of hydrogen-bond donors (Lipinski definition) is 0. The maximum atomic E-state index is 13.2. The number of hydrogen-bond acceptors (Lipinski definition) is 3. The maximum absolute atomic E-state index is 13.2. The molecule has 0 N–H and O–H groups in total. The van der Waals surface area contributed by atoms with Crippen molar-refractivity contribution in [3.63, 3.8) is 0 Å². The Labute approximate surface area is 184 Å². The number of benzene rings is 2. The first-order valence-electron chi connectivity index (χ1n) is 10.6. The molecule has 0 aromatic heterocycles. The van der Waals surface area contributed by atoms with E-state index >= 15 is 0 Å². The van der Waals surface area contributed by atoms with Crippen molar-refractivity contribution in [2.45, 2.75) is 33.6 Å². The third kappa shape index (κ3) is 4.97. The van der Waals surface area contributed by atoms with Crippen molar-refractivity contribution in [1.82, 2.24) is 5.01 Å². The second-order valence-electron chi connectivity index (χ2n) is 8.74. The van der Waals surface area contributed by atoms with Gasteiger partial charge in [0.05, 0.1) is 0 Å². The van der Waals surface area contributed by atoms with Crippen LogP contribution in [0.1, 0.15) is 44.7 Å². The molecule has 0 radical (unpaired) electrons. The van der Waals surface area contributed by atoms with Gasteiger partial charge in [-0.05, 0) is 30.4 Å². The van der Waals surface area contributed by atoms with Crippen molar-refractivity contribution in [3.8, 4) is 0 Å². The first kappa shape index (κ1) is 20.7. The minimum Gasteiger partial charge on any atom is -0.265 e. The maximum Gasteiger partial charge on any atom is 0.298 e. The first-order chi connectivity index (χ1) is 14.9. The highest BCUT2D eigenvalue weighted by atomic mass is 16.2. The molecular weight excluding hydrogens is 382 g/mol. The lowest BCUT2D eigenvalue weighted by molar-refractivity contribution is -0.122. The highest BCUT2D eigenvalue weighted by molar-refractivity contribution is 6.18. The van der Waals surface area contributed by atoms with Crippen LogP contribution < -0.4 is 0 Å². The third-order valence-corrected chi connectivity index (χ3v) is 5.23. The summed E-state index contributed by atoms with van der Waals surface area (Å²) in [7, 11) is 0. The molecule has 4 rings (SSSR count). The molecule has 1 aliphatic heterocycles. The van der Waals surface area contributed by atoms with Crippen LogP contribution in [0, 0.1) is 5.41 Å². The van der Waals surface area contributed by atoms with Crippen molar-refractivity contribution in [3.05, 3.63) is 101 Å². The Hall–Kier alpha value is -3.53. The lowest BCUT2D eigenvalue weighted by Crippen LogP contribution is -2.31. The SMILES string of the molecule is CC1=CC(C)(C)C/C(=N/N2C(=O)/C(=C\C=C/c3ccccc3)N=C2c2ccccc2)C1. The van der Waals surface area contributed by atoms with Crippen LogP contribution in [0.15, 0.2) is 100 Å². The first-order valence-corrected chi connectivity index (χ1v) is 10.6. The van der Waals surface area contributed by atoms with Crippen molar-refractivity contribution in [2.24, 2.45) is 15.5 Å². The zero-order valence-corrected chi connectivity index (χ0v) is 18.2. The van der Waals surface area contributed by atoms with Gasteiger partial charge in [0, 0.05) is 17.7 Å². The molecule has 0 saturated carbocycles. The molecule has 0 saturated heterocycles. The van der Waals surface area contributed by atoms with Crippen LogP contribution in [-0.2, 0) is 4.79 Å². The van der Waals surface area contributed by atoms with E-state index in [-0.39, 0.29) is 11.3 Å². The third-order valence-electron chi connectivity index (χ3n) is 5.23. The van der Waals surface area contributed by atoms with Crippen molar-refractivity contribution >= 4 is 23.5 Å². The van der Waals surface area contributed by atoms with Gasteiger partial charge in [0.15, 0.2) is 5.84 Å². The number of amides is 1. The molecule has 0 fully saturated rings. The lowest BCUT2D eigenvalue weighted by atomic mass is 9.79. The van der Waals surface area contributed by atoms with Gasteiger partial charge in [-0.25, -0.2) is 4.99 Å². The topological polar surface area (TPSA) is 45.0 Å². The molecule has 1 heterocycles. The zero-order chi connectivity index (χ0) is 21.8. The summed E-state index contributed by atoms with van der Waals surface area (Å²) >= 11 is 0. The van der Waals surface area contributed by atoms with Crippen molar-refractivity contribution in [2.75, 3.05) is 0 Å². The van der Waals surface area contributed by atoms with Crippen LogP contribution in [0.25, 0.3) is 6.08 Å². The summed E-state index contributed by atoms with van der Waals surface area (Å²) in [6.07, 6.45) is 9.48. The highest BCUT2D eigenvalue weighted by Crippen LogP contribution is 2.32. The van der Waals surface area contributed by atoms with Gasteiger partial charge in [-0.15, -0.1) is 0 Å². The van der Waals surface area contributed by atoms with E-state index < -0.39 is 0 Å². The van der Waals surface area contributed by atoms with Gasteiger partial charge < -0.3 is 0 Å². The normalized spacial score (nSPS) is 21.1. The molecule has 31 heavy (non-hydrogen) atoms. The van der Waals surface area contributed by atoms with Crippen molar-refractivity contribution in [1.29, 1.82) is 0 Å². The summed E-state index contributed by atoms with van der Waals surface area (Å²) in [4.78, 5) is 17.9. The van der Waals surface area contributed by atoms with Gasteiger partial charge in [0.2, 0.25) is 0 Å². The van der Waals surface area contributed by atoms with Gasteiger partial charge in [-0.3, -0.25) is 4.79 Å². The largest absolute Gasteiger partial charge is 0.298 e. The Morgan fingerprint density at radius 3 is 2.39 bits per heavy atom. The standard InChI is InChI=1S/C27H27N3O/c1-20-17-23(19-27(2,3)18-20)29-30-25(22-14-8-5-9-15-22)28-24(26(30)31)16-10-13-21-11-6-4-7-12-21/h4-16,18H,17,19H2,1-3H3/b13-10-,24-16+,29-23+. The number of aliphatic imine (C=N–C) groups is 1. The summed E-state index contributed by atoms with van der Waals surface area (Å²) in [5, 5.41) is 6.27. The molecule has 2 aliphatic rings. The van der Waals surface area contributed by atoms with E-state index in [0.29, 0.717) is 11.5 Å². The van der Waals surface area contributed by atoms with E-state index in [9.17, 15) is 4.79 Å². The van der Waals surface area contributed by atoms with Gasteiger partial charge in [0.1, 0.15) is 5.70 Å². The Morgan fingerprint density at radius 2 is 1.71 bits per heavy atom. The monoisotopic (exact) mass is 409 g/mol. The Morgan fingerprint density at radius 1 is 1.03 bits per heavy atom. The Balaban J connectivity index is 1.68. The molecule has 2 aromatic rings. The summed E-state index contributed by atoms with van der Waals surface area (Å²) in [6, 6.07) is 19.7. The molecule has 0 bridgehead atoms. The van der Waals surface area contributed by atoms with Gasteiger partial charge in [0.25, 0.3) is 5.91 Å². The average molecular weight is 410 g/mol. The van der Waals surface area contributed by atoms with E-state index in [0.717, 1.165) is 29.7 Å². The van der Waals surface area contributed by atoms with Crippen LogP contribution >= 0.6 is 0 Å². The van der Waals surface area contributed by atoms with Gasteiger partial charge in [-0.2, -0.15) is 10.1 Å². The molecule has 2 aromatic carbocycles. The summed E-state index contributed by atoms with van der Waals surface area (Å²) in [5.74, 6) is 0.372. The average Bonchev–Trinajstić information content (AvgIpc) is 3.04. The Kier molecular flexibility index (Phi) is 5.81. The number of carbonyl (C=O) groups excluding carboxylic acids is 1. The smallest absolute Gasteiger partial charge is 0.265 e. The van der Waals surface area contributed by atoms with E-state index in [1.165, 1.54) is 10.6 Å². The Bertz CT molecular complexity index is 1120. The quantitative estimate of drug-likeness (QED) is 0.451. The molecule has 1 aliphatic carbocycles. The summed E-state index contributed by atoms with van der Waals surface area (Å²) in [5.41, 5.74) is 4.64. The number of rotatable bonds is 4. The number of amidine groups is 1. The molecule has 0 atom stereocenters. The molecule has 0 spiro atoms. The second-order valence-corrected chi connectivity index (χ2v) is 8.74. The van der Waals surface area contributed by atoms with Crippen LogP contribution in [0.3, 0.4) is 0 Å². The molecule has 4 nitrogen and oxygen atoms in total. The van der Waals surface area contributed by atoms with E-state index in [1.54, 1.807) is 6.08 Å². The van der Waals surface area contributed by atoms with Crippen LogP contribution in [0.5, 0.6) is 0 Å². The zero-order valence-electron chi connectivity index (χ0n) is 18.2. The second kappa shape index (κ2) is 8.68. The highest BCUT2D eigenvalue weighted by Gasteiger charge is 2.32. The molecule has 156 valence electrons. The number of nitrogens with zero attached hydrogens (tertiary/aromatic N) is 3. The molecule has 1 amide bonds. The molecular formula is C27H27N3O. The van der Waals surface area contributed by atoms with Crippen LogP contribution in [0.2, 0.25) is 0 Å². The number of carbonyl (C=O) groups is 1. The fourth-order valence-corrected chi connectivity index (χ4v) is 4.10.